The minimum Gasteiger partial charge on any atom is -0.309 e. The van der Waals surface area contributed by atoms with Crippen LogP contribution in [0.15, 0.2) is 182 Å². The molecule has 0 N–H and O–H groups in total. The summed E-state index contributed by atoms with van der Waals surface area (Å²) >= 11 is 0. The van der Waals surface area contributed by atoms with Crippen molar-refractivity contribution in [2.75, 3.05) is 9.80 Å². The van der Waals surface area contributed by atoms with E-state index in [0.717, 1.165) is 34.4 Å². The predicted octanol–water partition coefficient (Wildman–Crippen LogP) is 12.1. The highest BCUT2D eigenvalue weighted by atomic mass is 15.3. The Hall–Kier alpha value is -6.06. The maximum Gasteiger partial charge on any atom is 0.122 e. The number of benzene rings is 7. The van der Waals surface area contributed by atoms with E-state index in [0.29, 0.717) is 6.54 Å². The van der Waals surface area contributed by atoms with Gasteiger partial charge in [0.15, 0.2) is 0 Å². The van der Waals surface area contributed by atoms with E-state index in [4.69, 9.17) is 0 Å². The van der Waals surface area contributed by atoms with Gasteiger partial charge < -0.3 is 4.57 Å². The van der Waals surface area contributed by atoms with Gasteiger partial charge in [0.1, 0.15) is 11.6 Å². The van der Waals surface area contributed by atoms with Crippen LogP contribution in [-0.2, 0) is 6.54 Å². The van der Waals surface area contributed by atoms with Crippen molar-refractivity contribution in [3.63, 3.8) is 0 Å². The van der Waals surface area contributed by atoms with Crippen LogP contribution in [0.2, 0.25) is 0 Å². The lowest BCUT2D eigenvalue weighted by atomic mass is 10.1. The molecule has 0 atom stereocenters. The fourth-order valence-electron chi connectivity index (χ4n) is 6.79. The molecule has 226 valence electrons. The van der Waals surface area contributed by atoms with E-state index in [9.17, 15) is 0 Å². The zero-order valence-corrected chi connectivity index (χ0v) is 26.4. The molecule has 3 heteroatoms. The first-order chi connectivity index (χ1) is 23.3. The van der Waals surface area contributed by atoms with Gasteiger partial charge >= 0.3 is 0 Å². The topological polar surface area (TPSA) is 11.4 Å². The van der Waals surface area contributed by atoms with Crippen molar-refractivity contribution in [1.29, 1.82) is 0 Å². The van der Waals surface area contributed by atoms with Gasteiger partial charge in [-0.1, -0.05) is 140 Å². The van der Waals surface area contributed by atoms with Crippen LogP contribution in [-0.4, -0.2) is 4.57 Å². The van der Waals surface area contributed by atoms with Crippen molar-refractivity contribution in [3.8, 4) is 0 Å². The molecule has 0 amide bonds. The minimum atomic E-state index is 0.696. The van der Waals surface area contributed by atoms with Crippen molar-refractivity contribution < 1.29 is 0 Å². The average Bonchev–Trinajstić information content (AvgIpc) is 3.44. The van der Waals surface area contributed by atoms with Crippen LogP contribution < -0.4 is 9.80 Å². The molecule has 0 saturated heterocycles. The van der Waals surface area contributed by atoms with Gasteiger partial charge in [-0.2, -0.15) is 0 Å². The highest BCUT2D eigenvalue weighted by molar-refractivity contribution is 6.01. The lowest BCUT2D eigenvalue weighted by Crippen LogP contribution is -2.20. The number of rotatable bonds is 8. The molecule has 0 radical (unpaired) electrons. The number of hydrogen-bond acceptors (Lipinski definition) is 2. The molecule has 0 unspecified atom stereocenters. The van der Waals surface area contributed by atoms with E-state index in [1.807, 2.05) is 0 Å². The summed E-state index contributed by atoms with van der Waals surface area (Å²) < 4.78 is 2.49. The quantitative estimate of drug-likeness (QED) is 0.171. The van der Waals surface area contributed by atoms with Crippen molar-refractivity contribution in [2.24, 2.45) is 0 Å². The van der Waals surface area contributed by atoms with E-state index in [1.54, 1.807) is 0 Å². The number of fused-ring (bicyclic) bond motifs is 2. The molecular weight excluding hydrogens is 571 g/mol. The molecule has 0 bridgehead atoms. The molecule has 0 spiro atoms. The first kappa shape index (κ1) is 28.4. The summed E-state index contributed by atoms with van der Waals surface area (Å²) in [6.07, 6.45) is 0. The molecule has 0 aliphatic rings. The molecule has 8 rings (SSSR count). The van der Waals surface area contributed by atoms with Crippen LogP contribution in [0.1, 0.15) is 11.1 Å². The van der Waals surface area contributed by atoms with Crippen molar-refractivity contribution in [3.05, 3.63) is 193 Å². The van der Waals surface area contributed by atoms with Gasteiger partial charge in [0, 0.05) is 22.1 Å². The Bertz CT molecular complexity index is 2280. The second-order valence-corrected chi connectivity index (χ2v) is 11.9. The normalized spacial score (nSPS) is 11.2. The minimum absolute atomic E-state index is 0.696. The van der Waals surface area contributed by atoms with Crippen LogP contribution in [0.25, 0.3) is 21.5 Å². The lowest BCUT2D eigenvalue weighted by Gasteiger charge is -2.32. The first-order valence-corrected chi connectivity index (χ1v) is 16.2. The smallest absolute Gasteiger partial charge is 0.122 e. The van der Waals surface area contributed by atoms with E-state index in [-0.39, 0.29) is 0 Å². The van der Waals surface area contributed by atoms with Gasteiger partial charge in [0.25, 0.3) is 0 Å². The van der Waals surface area contributed by atoms with Gasteiger partial charge in [-0.05, 0) is 71.3 Å². The van der Waals surface area contributed by atoms with Crippen LogP contribution in [0.3, 0.4) is 0 Å². The third-order valence-corrected chi connectivity index (χ3v) is 8.90. The summed E-state index contributed by atoms with van der Waals surface area (Å²) in [7, 11) is 0. The molecule has 1 heterocycles. The zero-order valence-electron chi connectivity index (χ0n) is 26.4. The van der Waals surface area contributed by atoms with Crippen LogP contribution in [0.4, 0.5) is 34.4 Å². The van der Waals surface area contributed by atoms with Gasteiger partial charge in [0.2, 0.25) is 0 Å². The monoisotopic (exact) mass is 605 g/mol. The highest BCUT2D eigenvalue weighted by Crippen LogP contribution is 2.47. The Kier molecular flexibility index (Phi) is 7.49. The van der Waals surface area contributed by atoms with E-state index >= 15 is 0 Å². The fraction of sp³-hybridized carbons (Fsp3) is 0.0455. The number of anilines is 6. The predicted molar refractivity (Wildman–Crippen MR) is 199 cm³/mol. The second-order valence-electron chi connectivity index (χ2n) is 11.9. The summed E-state index contributed by atoms with van der Waals surface area (Å²) in [5.74, 6) is 2.23. The summed E-state index contributed by atoms with van der Waals surface area (Å²) in [4.78, 5) is 4.87. The third-order valence-electron chi connectivity index (χ3n) is 8.90. The van der Waals surface area contributed by atoms with Crippen molar-refractivity contribution >= 4 is 55.9 Å². The fourth-order valence-corrected chi connectivity index (χ4v) is 6.79. The SMILES string of the molecule is Cc1cc(N(c2ccccc2)c2cccc3ccccc23)n(Cc2ccccc2)c1N(c1ccccc1)c1cccc2ccccc12. The molecule has 3 nitrogen and oxygen atoms in total. The van der Waals surface area contributed by atoms with Gasteiger partial charge in [-0.25, -0.2) is 0 Å². The van der Waals surface area contributed by atoms with Crippen LogP contribution in [0, 0.1) is 6.92 Å². The maximum atomic E-state index is 2.49. The second kappa shape index (κ2) is 12.4. The molecule has 0 fully saturated rings. The third kappa shape index (κ3) is 5.32. The van der Waals surface area contributed by atoms with Crippen LogP contribution in [0.5, 0.6) is 0 Å². The number of aromatic nitrogens is 1. The molecule has 0 aliphatic carbocycles. The largest absolute Gasteiger partial charge is 0.309 e. The standard InChI is InChI=1S/C44H35N3/c1-33-31-43(46(37-23-7-3-8-24-37)41-29-15-21-35-19-11-13-27-39(35)41)45(32-34-17-5-2-6-18-34)44(33)47(38-25-9-4-10-26-38)42-30-16-22-36-20-12-14-28-40(36)42/h2-31H,32H2,1H3. The average molecular weight is 606 g/mol. The van der Waals surface area contributed by atoms with Crippen molar-refractivity contribution in [2.45, 2.75) is 13.5 Å². The zero-order chi connectivity index (χ0) is 31.6. The Balaban J connectivity index is 1.45. The van der Waals surface area contributed by atoms with Gasteiger partial charge in [-0.3, -0.25) is 9.80 Å². The molecule has 7 aromatic carbocycles. The molecule has 0 saturated carbocycles. The van der Waals surface area contributed by atoms with Gasteiger partial charge in [0.05, 0.1) is 17.9 Å². The van der Waals surface area contributed by atoms with Crippen LogP contribution >= 0.6 is 0 Å². The first-order valence-electron chi connectivity index (χ1n) is 16.2. The Morgan fingerprint density at radius 3 is 1.47 bits per heavy atom. The number of nitrogens with zero attached hydrogens (tertiary/aromatic N) is 3. The van der Waals surface area contributed by atoms with E-state index in [1.165, 1.54) is 32.7 Å². The Labute approximate surface area is 276 Å². The Morgan fingerprint density at radius 1 is 0.447 bits per heavy atom. The number of para-hydroxylation sites is 2. The molecule has 8 aromatic rings. The summed E-state index contributed by atoms with van der Waals surface area (Å²) in [5, 5.41) is 4.85. The van der Waals surface area contributed by atoms with E-state index < -0.39 is 0 Å². The molecule has 0 aliphatic heterocycles. The van der Waals surface area contributed by atoms with E-state index in [2.05, 4.69) is 203 Å². The van der Waals surface area contributed by atoms with Gasteiger partial charge in [-0.15, -0.1) is 0 Å². The molecule has 47 heavy (non-hydrogen) atoms. The molecular formula is C44H35N3. The summed E-state index contributed by atoms with van der Waals surface area (Å²) in [6.45, 7) is 2.94. The summed E-state index contributed by atoms with van der Waals surface area (Å²) in [5.41, 5.74) is 6.94. The van der Waals surface area contributed by atoms with Crippen molar-refractivity contribution in [1.82, 2.24) is 4.57 Å². The highest BCUT2D eigenvalue weighted by Gasteiger charge is 2.27. The molecule has 1 aromatic heterocycles. The maximum absolute atomic E-state index is 2.49. The summed E-state index contributed by atoms with van der Waals surface area (Å²) in [6, 6.07) is 65.2. The number of aryl methyl sites for hydroxylation is 1. The Morgan fingerprint density at radius 2 is 0.894 bits per heavy atom. The number of hydrogen-bond donors (Lipinski definition) is 0. The lowest BCUT2D eigenvalue weighted by molar-refractivity contribution is 0.797.